The Morgan fingerprint density at radius 2 is 2.19 bits per heavy atom. The summed E-state index contributed by atoms with van der Waals surface area (Å²) in [5.74, 6) is 0.846. The minimum absolute atomic E-state index is 0.183. The van der Waals surface area contributed by atoms with Crippen LogP contribution in [0.4, 0.5) is 0 Å². The predicted octanol–water partition coefficient (Wildman–Crippen LogP) is 3.54. The number of rotatable bonds is 4. The number of aldehydes is 1. The van der Waals surface area contributed by atoms with Gasteiger partial charge in [-0.25, -0.2) is 0 Å². The molecule has 0 saturated heterocycles. The molecule has 1 aromatic rings. The quantitative estimate of drug-likeness (QED) is 0.583. The molecule has 0 aliphatic heterocycles. The highest BCUT2D eigenvalue weighted by molar-refractivity contribution is 8.00. The minimum Gasteiger partial charge on any atom is -0.302 e. The summed E-state index contributed by atoms with van der Waals surface area (Å²) in [6.45, 7) is 0. The number of carbonyl (C=O) groups is 1. The zero-order valence-corrected chi connectivity index (χ0v) is 10.1. The number of hydrogen-bond donors (Lipinski definition) is 0. The lowest BCUT2D eigenvalue weighted by molar-refractivity contribution is -0.108. The molecule has 2 saturated carbocycles. The fraction of sp³-hybridized carbons (Fsp3) is 0.500. The van der Waals surface area contributed by atoms with Gasteiger partial charge in [-0.05, 0) is 42.7 Å². The summed E-state index contributed by atoms with van der Waals surface area (Å²) in [6.07, 6.45) is 6.41. The second kappa shape index (κ2) is 3.92. The zero-order valence-electron chi connectivity index (χ0n) is 9.26. The average Bonchev–Trinajstić information content (AvgIpc) is 2.90. The molecule has 1 nitrogen and oxygen atoms in total. The first-order valence-corrected chi connectivity index (χ1v) is 6.90. The van der Waals surface area contributed by atoms with Gasteiger partial charge in [0.05, 0.1) is 5.25 Å². The van der Waals surface area contributed by atoms with E-state index in [9.17, 15) is 4.79 Å². The second-order valence-electron chi connectivity index (χ2n) is 5.01. The van der Waals surface area contributed by atoms with Crippen molar-refractivity contribution >= 4 is 18.0 Å². The monoisotopic (exact) mass is 232 g/mol. The van der Waals surface area contributed by atoms with E-state index in [1.807, 2.05) is 18.2 Å². The van der Waals surface area contributed by atoms with Crippen molar-refractivity contribution < 1.29 is 4.79 Å². The number of fused-ring (bicyclic) bond motifs is 1. The summed E-state index contributed by atoms with van der Waals surface area (Å²) >= 11 is 1.76. The van der Waals surface area contributed by atoms with Gasteiger partial charge in [0.1, 0.15) is 6.29 Å². The zero-order chi connectivity index (χ0) is 11.0. The molecule has 0 radical (unpaired) electrons. The van der Waals surface area contributed by atoms with Gasteiger partial charge >= 0.3 is 0 Å². The molecule has 3 atom stereocenters. The highest BCUT2D eigenvalue weighted by atomic mass is 32.2. The van der Waals surface area contributed by atoms with Crippen LogP contribution < -0.4 is 0 Å². The fourth-order valence-corrected chi connectivity index (χ4v) is 4.49. The van der Waals surface area contributed by atoms with Crippen molar-refractivity contribution in [2.24, 2.45) is 11.3 Å². The molecule has 0 bridgehead atoms. The van der Waals surface area contributed by atoms with E-state index in [1.54, 1.807) is 11.8 Å². The largest absolute Gasteiger partial charge is 0.302 e. The molecule has 2 heteroatoms. The molecule has 2 aliphatic carbocycles. The van der Waals surface area contributed by atoms with Crippen LogP contribution in [0, 0.1) is 11.3 Å². The molecule has 3 rings (SSSR count). The number of thioether (sulfide) groups is 1. The molecule has 84 valence electrons. The Morgan fingerprint density at radius 3 is 2.75 bits per heavy atom. The van der Waals surface area contributed by atoms with Gasteiger partial charge in [0.25, 0.3) is 0 Å². The van der Waals surface area contributed by atoms with Crippen LogP contribution in [0.2, 0.25) is 0 Å². The van der Waals surface area contributed by atoms with Gasteiger partial charge in [-0.1, -0.05) is 24.6 Å². The van der Waals surface area contributed by atoms with Crippen LogP contribution >= 0.6 is 11.8 Å². The topological polar surface area (TPSA) is 17.1 Å². The minimum atomic E-state index is 0.183. The van der Waals surface area contributed by atoms with Crippen molar-refractivity contribution in [3.05, 3.63) is 30.3 Å². The molecule has 0 heterocycles. The van der Waals surface area contributed by atoms with Gasteiger partial charge in [-0.2, -0.15) is 0 Å². The smallest absolute Gasteiger partial charge is 0.133 e. The van der Waals surface area contributed by atoms with Crippen molar-refractivity contribution in [1.29, 1.82) is 0 Å². The summed E-state index contributed by atoms with van der Waals surface area (Å²) in [5, 5.41) is 0.183. The Hall–Kier alpha value is -0.760. The summed E-state index contributed by atoms with van der Waals surface area (Å²) in [6, 6.07) is 10.3. The molecule has 1 aromatic carbocycles. The Kier molecular flexibility index (Phi) is 2.55. The van der Waals surface area contributed by atoms with Gasteiger partial charge in [0, 0.05) is 4.90 Å². The predicted molar refractivity (Wildman–Crippen MR) is 66.5 cm³/mol. The van der Waals surface area contributed by atoms with Crippen LogP contribution in [0.1, 0.15) is 25.7 Å². The lowest BCUT2D eigenvalue weighted by Crippen LogP contribution is -2.19. The molecule has 2 aliphatic rings. The molecule has 0 N–H and O–H groups in total. The van der Waals surface area contributed by atoms with Crippen LogP contribution in [-0.4, -0.2) is 11.5 Å². The highest BCUT2D eigenvalue weighted by Crippen LogP contribution is 2.67. The summed E-state index contributed by atoms with van der Waals surface area (Å²) in [4.78, 5) is 12.5. The van der Waals surface area contributed by atoms with E-state index >= 15 is 0 Å². The van der Waals surface area contributed by atoms with E-state index in [0.29, 0.717) is 5.41 Å². The van der Waals surface area contributed by atoms with Gasteiger partial charge in [0.2, 0.25) is 0 Å². The molecule has 0 spiro atoms. The first kappa shape index (κ1) is 10.4. The Labute approximate surface area is 101 Å². The van der Waals surface area contributed by atoms with Crippen LogP contribution in [-0.2, 0) is 4.79 Å². The van der Waals surface area contributed by atoms with E-state index in [4.69, 9.17) is 0 Å². The highest BCUT2D eigenvalue weighted by Gasteiger charge is 2.61. The summed E-state index contributed by atoms with van der Waals surface area (Å²) < 4.78 is 0. The van der Waals surface area contributed by atoms with Crippen molar-refractivity contribution in [2.45, 2.75) is 35.8 Å². The van der Waals surface area contributed by atoms with Gasteiger partial charge < -0.3 is 4.79 Å². The third kappa shape index (κ3) is 1.60. The Balaban J connectivity index is 1.75. The lowest BCUT2D eigenvalue weighted by atomic mass is 10.00. The molecule has 1 unspecified atom stereocenters. The first-order valence-electron chi connectivity index (χ1n) is 6.02. The maximum absolute atomic E-state index is 11.3. The van der Waals surface area contributed by atoms with Gasteiger partial charge in [-0.15, -0.1) is 11.8 Å². The van der Waals surface area contributed by atoms with E-state index in [0.717, 1.165) is 5.92 Å². The van der Waals surface area contributed by atoms with Gasteiger partial charge in [0.15, 0.2) is 0 Å². The molecule has 0 aromatic heterocycles. The van der Waals surface area contributed by atoms with Crippen LogP contribution in [0.3, 0.4) is 0 Å². The SMILES string of the molecule is O=CC(Sc1ccccc1)[C@@]12CCC[C@@H]1C2. The third-order valence-corrected chi connectivity index (χ3v) is 5.55. The normalized spacial score (nSPS) is 33.1. The molecular weight excluding hydrogens is 216 g/mol. The fourth-order valence-electron chi connectivity index (χ4n) is 3.19. The summed E-state index contributed by atoms with van der Waals surface area (Å²) in [7, 11) is 0. The molecule has 2 fully saturated rings. The lowest BCUT2D eigenvalue weighted by Gasteiger charge is -2.19. The Morgan fingerprint density at radius 1 is 1.38 bits per heavy atom. The van der Waals surface area contributed by atoms with E-state index in [2.05, 4.69) is 12.1 Å². The average molecular weight is 232 g/mol. The van der Waals surface area contributed by atoms with Crippen molar-refractivity contribution in [3.63, 3.8) is 0 Å². The molecule has 0 amide bonds. The second-order valence-corrected chi connectivity index (χ2v) is 6.23. The molecule has 16 heavy (non-hydrogen) atoms. The molecular formula is C14H16OS. The van der Waals surface area contributed by atoms with E-state index in [-0.39, 0.29) is 5.25 Å². The number of carbonyl (C=O) groups excluding carboxylic acids is 1. The van der Waals surface area contributed by atoms with Crippen molar-refractivity contribution in [2.75, 3.05) is 0 Å². The Bertz CT molecular complexity index is 389. The van der Waals surface area contributed by atoms with Crippen molar-refractivity contribution in [3.8, 4) is 0 Å². The maximum atomic E-state index is 11.3. The van der Waals surface area contributed by atoms with Crippen LogP contribution in [0.25, 0.3) is 0 Å². The van der Waals surface area contributed by atoms with E-state index < -0.39 is 0 Å². The van der Waals surface area contributed by atoms with Crippen LogP contribution in [0.15, 0.2) is 35.2 Å². The standard InChI is InChI=1S/C14H16OS/c15-10-13(14-8-4-5-11(14)9-14)16-12-6-2-1-3-7-12/h1-3,6-7,10-11,13H,4-5,8-9H2/t11-,13?,14-/m1/s1. The first-order chi connectivity index (χ1) is 7.85. The summed E-state index contributed by atoms with van der Waals surface area (Å²) in [5.41, 5.74) is 0.377. The maximum Gasteiger partial charge on any atom is 0.133 e. The number of hydrogen-bond acceptors (Lipinski definition) is 2. The third-order valence-electron chi connectivity index (χ3n) is 4.17. The van der Waals surface area contributed by atoms with Crippen molar-refractivity contribution in [1.82, 2.24) is 0 Å². The number of benzene rings is 1. The van der Waals surface area contributed by atoms with E-state index in [1.165, 1.54) is 36.9 Å². The van der Waals surface area contributed by atoms with Crippen LogP contribution in [0.5, 0.6) is 0 Å². The van der Waals surface area contributed by atoms with Gasteiger partial charge in [-0.3, -0.25) is 0 Å².